The first-order valence-corrected chi connectivity index (χ1v) is 7.37. The van der Waals surface area contributed by atoms with Crippen LogP contribution in [0.5, 0.6) is 5.75 Å². The zero-order valence-corrected chi connectivity index (χ0v) is 11.0. The Morgan fingerprint density at radius 3 is 3.19 bits per heavy atom. The molecular formula is C10H17N3OS2. The standard InChI is InChI=1S/C10H17N3OS2/c1-2-14-8-9(11)13-16-10(8)12-6-7-4-3-5-15-7/h7,12H,2-6H2,1H3,(H2,11,13). The largest absolute Gasteiger partial charge is 0.487 e. The van der Waals surface area contributed by atoms with Crippen LogP contribution in [0.3, 0.4) is 0 Å². The quantitative estimate of drug-likeness (QED) is 0.850. The summed E-state index contributed by atoms with van der Waals surface area (Å²) in [4.78, 5) is 0. The molecule has 16 heavy (non-hydrogen) atoms. The second-order valence-corrected chi connectivity index (χ2v) is 5.86. The van der Waals surface area contributed by atoms with Crippen LogP contribution in [-0.2, 0) is 0 Å². The first-order chi connectivity index (χ1) is 7.81. The van der Waals surface area contributed by atoms with Crippen molar-refractivity contribution in [3.8, 4) is 5.75 Å². The molecular weight excluding hydrogens is 242 g/mol. The third kappa shape index (κ3) is 2.74. The number of nitrogen functional groups attached to an aromatic ring is 1. The number of hydrogen-bond donors (Lipinski definition) is 2. The summed E-state index contributed by atoms with van der Waals surface area (Å²) in [7, 11) is 0. The van der Waals surface area contributed by atoms with Crippen molar-refractivity contribution in [1.29, 1.82) is 0 Å². The Hall–Kier alpha value is -0.620. The van der Waals surface area contributed by atoms with Gasteiger partial charge in [-0.3, -0.25) is 0 Å². The lowest BCUT2D eigenvalue weighted by atomic mass is 10.2. The number of anilines is 2. The van der Waals surface area contributed by atoms with E-state index in [1.807, 2.05) is 18.7 Å². The minimum absolute atomic E-state index is 0.494. The molecule has 4 nitrogen and oxygen atoms in total. The van der Waals surface area contributed by atoms with Crippen molar-refractivity contribution in [1.82, 2.24) is 4.37 Å². The van der Waals surface area contributed by atoms with E-state index in [2.05, 4.69) is 9.69 Å². The number of thioether (sulfide) groups is 1. The molecule has 1 aromatic heterocycles. The minimum Gasteiger partial charge on any atom is -0.487 e. The van der Waals surface area contributed by atoms with Gasteiger partial charge in [0.15, 0.2) is 16.6 Å². The van der Waals surface area contributed by atoms with Crippen molar-refractivity contribution in [3.63, 3.8) is 0 Å². The van der Waals surface area contributed by atoms with E-state index in [9.17, 15) is 0 Å². The van der Waals surface area contributed by atoms with Crippen molar-refractivity contribution in [2.24, 2.45) is 0 Å². The zero-order chi connectivity index (χ0) is 11.4. The molecule has 0 amide bonds. The van der Waals surface area contributed by atoms with Gasteiger partial charge in [0.05, 0.1) is 6.61 Å². The van der Waals surface area contributed by atoms with Gasteiger partial charge in [0.2, 0.25) is 0 Å². The van der Waals surface area contributed by atoms with E-state index >= 15 is 0 Å². The molecule has 2 rings (SSSR count). The molecule has 3 N–H and O–H groups in total. The Morgan fingerprint density at radius 1 is 1.62 bits per heavy atom. The molecule has 1 aliphatic rings. The molecule has 1 saturated heterocycles. The highest BCUT2D eigenvalue weighted by molar-refractivity contribution is 8.00. The Labute approximate surface area is 104 Å². The molecule has 0 saturated carbocycles. The van der Waals surface area contributed by atoms with Gasteiger partial charge >= 0.3 is 0 Å². The van der Waals surface area contributed by atoms with Crippen LogP contribution in [-0.4, -0.2) is 28.5 Å². The van der Waals surface area contributed by atoms with E-state index in [4.69, 9.17) is 10.5 Å². The van der Waals surface area contributed by atoms with Crippen molar-refractivity contribution < 1.29 is 4.74 Å². The van der Waals surface area contributed by atoms with E-state index in [0.717, 1.165) is 22.5 Å². The number of nitrogens with zero attached hydrogens (tertiary/aromatic N) is 1. The summed E-state index contributed by atoms with van der Waals surface area (Å²) in [6, 6.07) is 0. The highest BCUT2D eigenvalue weighted by Crippen LogP contribution is 2.36. The van der Waals surface area contributed by atoms with Crippen LogP contribution >= 0.6 is 23.3 Å². The van der Waals surface area contributed by atoms with Gasteiger partial charge in [0.25, 0.3) is 0 Å². The second-order valence-electron chi connectivity index (χ2n) is 3.68. The first kappa shape index (κ1) is 11.9. The molecule has 0 aliphatic carbocycles. The number of hydrogen-bond acceptors (Lipinski definition) is 6. The van der Waals surface area contributed by atoms with Gasteiger partial charge in [-0.25, -0.2) is 0 Å². The molecule has 0 spiro atoms. The van der Waals surface area contributed by atoms with Crippen LogP contribution in [0, 0.1) is 0 Å². The van der Waals surface area contributed by atoms with Crippen LogP contribution in [0.4, 0.5) is 10.8 Å². The molecule has 1 fully saturated rings. The number of rotatable bonds is 5. The average Bonchev–Trinajstić information content (AvgIpc) is 2.89. The smallest absolute Gasteiger partial charge is 0.197 e. The normalized spacial score (nSPS) is 19.9. The van der Waals surface area contributed by atoms with Gasteiger partial charge in [0.1, 0.15) is 0 Å². The van der Waals surface area contributed by atoms with Crippen LogP contribution in [0.15, 0.2) is 0 Å². The maximum atomic E-state index is 5.74. The van der Waals surface area contributed by atoms with Crippen LogP contribution in [0.1, 0.15) is 19.8 Å². The number of ether oxygens (including phenoxy) is 1. The van der Waals surface area contributed by atoms with Crippen molar-refractivity contribution in [2.45, 2.75) is 25.0 Å². The fourth-order valence-corrected chi connectivity index (χ4v) is 3.57. The Balaban J connectivity index is 1.92. The highest BCUT2D eigenvalue weighted by atomic mass is 32.2. The zero-order valence-electron chi connectivity index (χ0n) is 9.36. The lowest BCUT2D eigenvalue weighted by Gasteiger charge is -2.11. The molecule has 1 atom stereocenters. The van der Waals surface area contributed by atoms with Crippen molar-refractivity contribution in [2.75, 3.05) is 30.0 Å². The van der Waals surface area contributed by atoms with E-state index in [0.29, 0.717) is 12.4 Å². The summed E-state index contributed by atoms with van der Waals surface area (Å²) in [5.41, 5.74) is 5.74. The molecule has 1 aliphatic heterocycles. The monoisotopic (exact) mass is 259 g/mol. The summed E-state index contributed by atoms with van der Waals surface area (Å²) >= 11 is 3.42. The van der Waals surface area contributed by atoms with Crippen LogP contribution < -0.4 is 15.8 Å². The minimum atomic E-state index is 0.494. The van der Waals surface area contributed by atoms with Crippen LogP contribution in [0.2, 0.25) is 0 Å². The topological polar surface area (TPSA) is 60.2 Å². The van der Waals surface area contributed by atoms with E-state index in [1.165, 1.54) is 30.1 Å². The summed E-state index contributed by atoms with van der Waals surface area (Å²) in [6.45, 7) is 3.55. The Morgan fingerprint density at radius 2 is 2.50 bits per heavy atom. The third-order valence-electron chi connectivity index (χ3n) is 2.48. The number of aromatic nitrogens is 1. The predicted octanol–water partition coefficient (Wildman–Crippen LogP) is 2.43. The van der Waals surface area contributed by atoms with Crippen molar-refractivity contribution >= 4 is 34.1 Å². The van der Waals surface area contributed by atoms with E-state index in [1.54, 1.807) is 0 Å². The average molecular weight is 259 g/mol. The van der Waals surface area contributed by atoms with Gasteiger partial charge in [-0.2, -0.15) is 16.1 Å². The maximum Gasteiger partial charge on any atom is 0.197 e. The molecule has 2 heterocycles. The first-order valence-electron chi connectivity index (χ1n) is 5.54. The molecule has 1 unspecified atom stereocenters. The van der Waals surface area contributed by atoms with E-state index < -0.39 is 0 Å². The highest BCUT2D eigenvalue weighted by Gasteiger charge is 2.18. The summed E-state index contributed by atoms with van der Waals surface area (Å²) in [6.07, 6.45) is 2.64. The summed E-state index contributed by atoms with van der Waals surface area (Å²) < 4.78 is 9.58. The molecule has 0 bridgehead atoms. The second kappa shape index (κ2) is 5.63. The fraction of sp³-hybridized carbons (Fsp3) is 0.700. The molecule has 6 heteroatoms. The fourth-order valence-electron chi connectivity index (χ4n) is 1.70. The SMILES string of the molecule is CCOc1c(N)nsc1NCC1CCCS1. The Kier molecular flexibility index (Phi) is 4.17. The third-order valence-corrected chi connectivity index (χ3v) is 4.68. The van der Waals surface area contributed by atoms with Gasteiger partial charge in [-0.05, 0) is 37.1 Å². The predicted molar refractivity (Wildman–Crippen MR) is 71.7 cm³/mol. The molecule has 90 valence electrons. The lowest BCUT2D eigenvalue weighted by Crippen LogP contribution is -2.13. The van der Waals surface area contributed by atoms with Crippen molar-refractivity contribution in [3.05, 3.63) is 0 Å². The van der Waals surface area contributed by atoms with E-state index in [-0.39, 0.29) is 0 Å². The summed E-state index contributed by atoms with van der Waals surface area (Å²) in [5.74, 6) is 2.50. The molecule has 1 aromatic rings. The van der Waals surface area contributed by atoms with Gasteiger partial charge in [-0.1, -0.05) is 0 Å². The van der Waals surface area contributed by atoms with Crippen LogP contribution in [0.25, 0.3) is 0 Å². The maximum absolute atomic E-state index is 5.74. The van der Waals surface area contributed by atoms with Gasteiger partial charge in [-0.15, -0.1) is 0 Å². The summed E-state index contributed by atoms with van der Waals surface area (Å²) in [5, 5.41) is 5.08. The molecule has 0 radical (unpaired) electrons. The van der Waals surface area contributed by atoms with Gasteiger partial charge in [0, 0.05) is 11.8 Å². The van der Waals surface area contributed by atoms with Gasteiger partial charge < -0.3 is 15.8 Å². The molecule has 0 aromatic carbocycles. The Bertz CT molecular complexity index is 337. The number of nitrogens with one attached hydrogen (secondary N) is 1. The number of nitrogens with two attached hydrogens (primary N) is 1. The lowest BCUT2D eigenvalue weighted by molar-refractivity contribution is 0.344.